The maximum Gasteiger partial charge on any atom is 0.293 e. The average molecular weight is 505 g/mol. The summed E-state index contributed by atoms with van der Waals surface area (Å²) in [6, 6.07) is 5.73. The van der Waals surface area contributed by atoms with E-state index in [9.17, 15) is 4.79 Å². The molecule has 1 aromatic heterocycles. The maximum atomic E-state index is 12.9. The van der Waals surface area contributed by atoms with Gasteiger partial charge in [0.1, 0.15) is 11.9 Å². The Balaban J connectivity index is 1.33. The van der Waals surface area contributed by atoms with E-state index in [2.05, 4.69) is 32.6 Å². The number of nitrogens with two attached hydrogens (primary N) is 1. The van der Waals surface area contributed by atoms with E-state index in [1.807, 2.05) is 41.0 Å². The highest BCUT2D eigenvalue weighted by Crippen LogP contribution is 2.38. The Hall–Kier alpha value is -1.95. The summed E-state index contributed by atoms with van der Waals surface area (Å²) in [6.45, 7) is 1.43. The Morgan fingerprint density at radius 3 is 2.96 bits per heavy atom. The Morgan fingerprint density at radius 1 is 1.32 bits per heavy atom. The number of amides is 1. The molecule has 28 heavy (non-hydrogen) atoms. The number of fused-ring (bicyclic) bond motifs is 2. The fourth-order valence-electron chi connectivity index (χ4n) is 3.92. The topological polar surface area (TPSA) is 83.9 Å². The Bertz CT molecular complexity index is 1090. The summed E-state index contributed by atoms with van der Waals surface area (Å²) in [4.78, 5) is 28.2. The molecule has 0 bridgehead atoms. The van der Waals surface area contributed by atoms with E-state index in [-0.39, 0.29) is 16.4 Å². The molecule has 1 saturated heterocycles. The van der Waals surface area contributed by atoms with E-state index >= 15 is 0 Å². The van der Waals surface area contributed by atoms with E-state index in [0.717, 1.165) is 43.9 Å². The lowest BCUT2D eigenvalue weighted by Gasteiger charge is -2.32. The number of aliphatic imine (C=N–C) groups is 2. The molecular weight excluding hydrogens is 487 g/mol. The first-order chi connectivity index (χ1) is 13.6. The molecule has 5 rings (SSSR count). The first-order valence-corrected chi connectivity index (χ1v) is 11.0. The molecule has 0 aliphatic carbocycles. The van der Waals surface area contributed by atoms with E-state index in [1.54, 1.807) is 17.5 Å². The number of nitrogens with zero attached hydrogens (tertiary/aromatic N) is 5. The zero-order valence-electron chi connectivity index (χ0n) is 15.0. The molecule has 1 unspecified atom stereocenters. The second kappa shape index (κ2) is 6.83. The van der Waals surface area contributed by atoms with Crippen molar-refractivity contribution in [1.29, 1.82) is 0 Å². The minimum atomic E-state index is 0.0852. The minimum Gasteiger partial charge on any atom is -0.339 e. The van der Waals surface area contributed by atoms with Crippen molar-refractivity contribution < 1.29 is 9.39 Å². The van der Waals surface area contributed by atoms with Crippen molar-refractivity contribution in [2.24, 2.45) is 21.7 Å². The third kappa shape index (κ3) is 2.84. The van der Waals surface area contributed by atoms with Gasteiger partial charge in [-0.3, -0.25) is 9.79 Å². The van der Waals surface area contributed by atoms with Crippen LogP contribution in [0.5, 0.6) is 0 Å². The van der Waals surface area contributed by atoms with E-state index in [1.165, 1.54) is 0 Å². The molecule has 1 atom stereocenters. The number of amidine groups is 1. The van der Waals surface area contributed by atoms with Gasteiger partial charge in [0.25, 0.3) is 9.75 Å². The van der Waals surface area contributed by atoms with Crippen molar-refractivity contribution in [2.75, 3.05) is 13.1 Å². The molecule has 4 heterocycles. The number of carbonyl (C=O) groups excluding carboxylic acids is 1. The smallest absolute Gasteiger partial charge is 0.293 e. The number of benzene rings is 1. The lowest BCUT2D eigenvalue weighted by molar-refractivity contribution is -0.745. The highest BCUT2D eigenvalue weighted by molar-refractivity contribution is 14.1. The number of thiazole rings is 1. The summed E-state index contributed by atoms with van der Waals surface area (Å²) in [5, 5.41) is 0. The molecule has 2 N–H and O–H groups in total. The predicted molar refractivity (Wildman–Crippen MR) is 119 cm³/mol. The number of likely N-dealkylation sites (tertiary alicyclic amines) is 1. The third-order valence-corrected chi connectivity index (χ3v) is 7.34. The molecule has 3 aliphatic rings. The summed E-state index contributed by atoms with van der Waals surface area (Å²) in [6.07, 6.45) is 7.12. The molecule has 2 aromatic rings. The van der Waals surface area contributed by atoms with Crippen molar-refractivity contribution in [3.63, 3.8) is 0 Å². The molecule has 1 amide bonds. The van der Waals surface area contributed by atoms with Crippen LogP contribution in [0.2, 0.25) is 0 Å². The molecule has 9 heteroatoms. The van der Waals surface area contributed by atoms with Crippen molar-refractivity contribution in [3.8, 4) is 0 Å². The van der Waals surface area contributed by atoms with Crippen LogP contribution in [0, 0.1) is 5.92 Å². The number of piperidine rings is 1. The van der Waals surface area contributed by atoms with Crippen molar-refractivity contribution in [2.45, 2.75) is 12.8 Å². The van der Waals surface area contributed by atoms with Crippen LogP contribution >= 0.6 is 33.9 Å². The maximum absolute atomic E-state index is 12.9. The summed E-state index contributed by atoms with van der Waals surface area (Å²) >= 11 is 3.76. The van der Waals surface area contributed by atoms with Crippen LogP contribution < -0.4 is 5.84 Å². The molecule has 0 radical (unpaired) electrons. The molecule has 3 aliphatic heterocycles. The first kappa shape index (κ1) is 18.1. The van der Waals surface area contributed by atoms with Crippen LogP contribution in [-0.4, -0.2) is 43.5 Å². The fourth-order valence-corrected chi connectivity index (χ4v) is 5.31. The van der Waals surface area contributed by atoms with Crippen molar-refractivity contribution in [3.05, 3.63) is 53.1 Å². The third-order valence-electron chi connectivity index (χ3n) is 5.51. The summed E-state index contributed by atoms with van der Waals surface area (Å²) in [5.74, 6) is 6.86. The highest BCUT2D eigenvalue weighted by Gasteiger charge is 2.44. The van der Waals surface area contributed by atoms with Gasteiger partial charge in [0.05, 0.1) is 50.7 Å². The van der Waals surface area contributed by atoms with Gasteiger partial charge >= 0.3 is 0 Å². The fraction of sp³-hybridized carbons (Fsp3) is 0.263. The van der Waals surface area contributed by atoms with Crippen LogP contribution in [0.4, 0.5) is 0 Å². The Kier molecular flexibility index (Phi) is 4.42. The van der Waals surface area contributed by atoms with Crippen LogP contribution in [0.25, 0.3) is 10.2 Å². The van der Waals surface area contributed by atoms with Crippen molar-refractivity contribution >= 4 is 60.1 Å². The number of hydrogen-bond donors (Lipinski definition) is 1. The van der Waals surface area contributed by atoms with Crippen LogP contribution in [0.1, 0.15) is 23.2 Å². The molecule has 0 saturated carbocycles. The van der Waals surface area contributed by atoms with Crippen LogP contribution in [0.15, 0.2) is 57.5 Å². The van der Waals surface area contributed by atoms with Gasteiger partial charge in [0, 0.05) is 24.6 Å². The molecule has 1 aromatic carbocycles. The van der Waals surface area contributed by atoms with E-state index < -0.39 is 0 Å². The van der Waals surface area contributed by atoms with Gasteiger partial charge in [-0.05, 0) is 31.0 Å². The summed E-state index contributed by atoms with van der Waals surface area (Å²) in [5.41, 5.74) is 5.43. The standard InChI is InChI=1S/C19H18IN6OS/c20-19-24-17(15-10-22-5-8-26(15,19)21)12-3-6-25(7-4-12)18(27)13-1-2-14-16(9-13)28-11-23-14/h1-2,5,8-12H,3-4,6-7,21H2/q+1. The summed E-state index contributed by atoms with van der Waals surface area (Å²) in [7, 11) is 0. The van der Waals surface area contributed by atoms with Crippen LogP contribution in [0.3, 0.4) is 0 Å². The summed E-state index contributed by atoms with van der Waals surface area (Å²) < 4.78 is 1.97. The van der Waals surface area contributed by atoms with Gasteiger partial charge in [0.15, 0.2) is 0 Å². The number of hydrogen-bond acceptors (Lipinski definition) is 6. The van der Waals surface area contributed by atoms with Gasteiger partial charge in [-0.2, -0.15) is 10.8 Å². The quantitative estimate of drug-likeness (QED) is 0.294. The number of aromatic nitrogens is 1. The lowest BCUT2D eigenvalue weighted by Crippen LogP contribution is -2.50. The van der Waals surface area contributed by atoms with Gasteiger partial charge in [-0.1, -0.05) is 0 Å². The molecule has 1 fully saturated rings. The zero-order chi connectivity index (χ0) is 19.3. The van der Waals surface area contributed by atoms with Gasteiger partial charge < -0.3 is 4.90 Å². The van der Waals surface area contributed by atoms with E-state index in [0.29, 0.717) is 13.1 Å². The lowest BCUT2D eigenvalue weighted by atomic mass is 9.92. The number of carbonyl (C=O) groups is 1. The molecule has 0 spiro atoms. The predicted octanol–water partition coefficient (Wildman–Crippen LogP) is 3.41. The van der Waals surface area contributed by atoms with Gasteiger partial charge in [0.2, 0.25) is 5.70 Å². The minimum absolute atomic E-state index is 0.0852. The largest absolute Gasteiger partial charge is 0.339 e. The monoisotopic (exact) mass is 505 g/mol. The molecular formula is C19H18IN6OS+. The van der Waals surface area contributed by atoms with Crippen LogP contribution in [-0.2, 0) is 0 Å². The van der Waals surface area contributed by atoms with Crippen molar-refractivity contribution in [1.82, 2.24) is 9.88 Å². The Labute approximate surface area is 179 Å². The first-order valence-electron chi connectivity index (χ1n) is 9.06. The molecule has 7 nitrogen and oxygen atoms in total. The second-order valence-electron chi connectivity index (χ2n) is 7.11. The molecule has 142 valence electrons. The van der Waals surface area contributed by atoms with Gasteiger partial charge in [-0.25, -0.2) is 4.98 Å². The number of quaternary nitrogens is 1. The number of halogens is 1. The highest BCUT2D eigenvalue weighted by atomic mass is 127. The SMILES string of the molecule is N[N+]12C=CN=CC1=C(C1CCN(C(=O)c3ccc4ncsc4c3)CC1)N=C2I. The zero-order valence-corrected chi connectivity index (χ0v) is 17.9. The Morgan fingerprint density at radius 2 is 2.14 bits per heavy atom. The van der Waals surface area contributed by atoms with E-state index in [4.69, 9.17) is 10.8 Å². The average Bonchev–Trinajstić information content (AvgIpc) is 3.29. The number of allylic oxidation sites excluding steroid dienone is 2. The number of rotatable bonds is 2. The second-order valence-corrected chi connectivity index (χ2v) is 8.96. The van der Waals surface area contributed by atoms with Gasteiger partial charge in [-0.15, -0.1) is 15.9 Å². The normalized spacial score (nSPS) is 24.8.